The van der Waals surface area contributed by atoms with Crippen LogP contribution in [-0.2, 0) is 11.3 Å². The second kappa shape index (κ2) is 13.8. The van der Waals surface area contributed by atoms with E-state index in [1.807, 2.05) is 0 Å². The van der Waals surface area contributed by atoms with Crippen molar-refractivity contribution < 1.29 is 4.74 Å². The molecule has 0 fully saturated rings. The van der Waals surface area contributed by atoms with E-state index in [1.165, 1.54) is 11.3 Å². The van der Waals surface area contributed by atoms with Crippen LogP contribution in [0.15, 0.2) is 41.4 Å². The minimum Gasteiger partial charge on any atom is -0.378 e. The molecule has 1 aromatic rings. The molecule has 158 valence electrons. The van der Waals surface area contributed by atoms with Crippen LogP contribution in [0, 0.1) is 5.92 Å². The Hall–Kier alpha value is -1.28. The van der Waals surface area contributed by atoms with Gasteiger partial charge in [-0.15, -0.1) is 24.0 Å². The van der Waals surface area contributed by atoms with Gasteiger partial charge in [0.2, 0.25) is 0 Å². The molecule has 1 aliphatic heterocycles. The van der Waals surface area contributed by atoms with Crippen LogP contribution in [0.2, 0.25) is 0 Å². The molecule has 2 rings (SSSR count). The van der Waals surface area contributed by atoms with Crippen LogP contribution >= 0.6 is 24.0 Å². The van der Waals surface area contributed by atoms with Crippen LogP contribution in [0.25, 0.3) is 0 Å². The van der Waals surface area contributed by atoms with E-state index >= 15 is 0 Å². The highest BCUT2D eigenvalue weighted by atomic mass is 127. The number of nitrogens with one attached hydrogen (secondary N) is 2. The standard InChI is InChI=1S/C22H36N4O.HI/c1-5-23-22(24-14-13-21(18(3)4)27-6-2)25-17-19-9-11-20(12-10-19)26-15-7-8-16-26;/h7-12,18,21H,5-6,13-17H2,1-4H3,(H2,23,24,25);1H. The minimum atomic E-state index is 0. The summed E-state index contributed by atoms with van der Waals surface area (Å²) < 4.78 is 5.82. The molecule has 0 saturated heterocycles. The smallest absolute Gasteiger partial charge is 0.191 e. The highest BCUT2D eigenvalue weighted by molar-refractivity contribution is 14.0. The molecule has 1 aromatic carbocycles. The van der Waals surface area contributed by atoms with E-state index in [0.29, 0.717) is 12.5 Å². The summed E-state index contributed by atoms with van der Waals surface area (Å²) >= 11 is 0. The molecule has 0 spiro atoms. The molecule has 0 bridgehead atoms. The van der Waals surface area contributed by atoms with E-state index in [1.54, 1.807) is 0 Å². The van der Waals surface area contributed by atoms with Crippen molar-refractivity contribution in [2.24, 2.45) is 10.9 Å². The molecule has 6 heteroatoms. The van der Waals surface area contributed by atoms with Gasteiger partial charge < -0.3 is 20.3 Å². The molecule has 0 aromatic heterocycles. The van der Waals surface area contributed by atoms with E-state index in [0.717, 1.165) is 45.2 Å². The summed E-state index contributed by atoms with van der Waals surface area (Å²) in [6.45, 7) is 13.7. The number of ether oxygens (including phenoxy) is 1. The van der Waals surface area contributed by atoms with Crippen LogP contribution in [0.3, 0.4) is 0 Å². The van der Waals surface area contributed by atoms with Gasteiger partial charge in [-0.05, 0) is 43.9 Å². The van der Waals surface area contributed by atoms with Crippen LogP contribution in [0.4, 0.5) is 5.69 Å². The fourth-order valence-electron chi connectivity index (χ4n) is 3.17. The fourth-order valence-corrected chi connectivity index (χ4v) is 3.17. The van der Waals surface area contributed by atoms with Gasteiger partial charge in [-0.2, -0.15) is 0 Å². The molecule has 0 amide bonds. The number of halogens is 1. The summed E-state index contributed by atoms with van der Waals surface area (Å²) in [7, 11) is 0. The van der Waals surface area contributed by atoms with Gasteiger partial charge in [0.15, 0.2) is 5.96 Å². The Labute approximate surface area is 188 Å². The number of guanidine groups is 1. The Morgan fingerprint density at radius 3 is 2.36 bits per heavy atom. The second-order valence-corrected chi connectivity index (χ2v) is 7.19. The van der Waals surface area contributed by atoms with Gasteiger partial charge in [0, 0.05) is 38.5 Å². The molecule has 0 aliphatic carbocycles. The van der Waals surface area contributed by atoms with Gasteiger partial charge in [0.1, 0.15) is 0 Å². The summed E-state index contributed by atoms with van der Waals surface area (Å²) in [4.78, 5) is 7.08. The number of aliphatic imine (C=N–C) groups is 1. The van der Waals surface area contributed by atoms with Gasteiger partial charge >= 0.3 is 0 Å². The Bertz CT molecular complexity index is 593. The third-order valence-corrected chi connectivity index (χ3v) is 4.73. The zero-order chi connectivity index (χ0) is 19.5. The quantitative estimate of drug-likeness (QED) is 0.219. The lowest BCUT2D eigenvalue weighted by atomic mass is 10.0. The lowest BCUT2D eigenvalue weighted by Gasteiger charge is -2.21. The number of hydrogen-bond donors (Lipinski definition) is 2. The molecule has 28 heavy (non-hydrogen) atoms. The first-order valence-corrected chi connectivity index (χ1v) is 10.3. The van der Waals surface area contributed by atoms with Crippen molar-refractivity contribution in [2.75, 3.05) is 37.7 Å². The van der Waals surface area contributed by atoms with Crippen molar-refractivity contribution in [2.45, 2.75) is 46.8 Å². The highest BCUT2D eigenvalue weighted by Gasteiger charge is 2.13. The molecular formula is C22H37IN4O. The second-order valence-electron chi connectivity index (χ2n) is 7.19. The molecule has 0 saturated carbocycles. The van der Waals surface area contributed by atoms with Gasteiger partial charge in [0.05, 0.1) is 12.6 Å². The van der Waals surface area contributed by atoms with Crippen LogP contribution in [-0.4, -0.2) is 44.8 Å². The Balaban J connectivity index is 0.00000392. The predicted octanol–water partition coefficient (Wildman–Crippen LogP) is 4.19. The van der Waals surface area contributed by atoms with E-state index in [4.69, 9.17) is 9.73 Å². The van der Waals surface area contributed by atoms with Gasteiger partial charge in [-0.25, -0.2) is 4.99 Å². The molecular weight excluding hydrogens is 463 g/mol. The zero-order valence-corrected chi connectivity index (χ0v) is 20.1. The van der Waals surface area contributed by atoms with E-state index in [2.05, 4.69) is 79.6 Å². The van der Waals surface area contributed by atoms with Crippen molar-refractivity contribution in [1.29, 1.82) is 0 Å². The summed E-state index contributed by atoms with van der Waals surface area (Å²) in [6.07, 6.45) is 5.69. The maximum absolute atomic E-state index is 5.82. The molecule has 0 radical (unpaired) electrons. The average Bonchev–Trinajstić information content (AvgIpc) is 3.20. The van der Waals surface area contributed by atoms with Crippen molar-refractivity contribution in [3.63, 3.8) is 0 Å². The minimum absolute atomic E-state index is 0. The van der Waals surface area contributed by atoms with E-state index < -0.39 is 0 Å². The zero-order valence-electron chi connectivity index (χ0n) is 17.8. The highest BCUT2D eigenvalue weighted by Crippen LogP contribution is 2.18. The first kappa shape index (κ1) is 24.8. The van der Waals surface area contributed by atoms with Crippen molar-refractivity contribution in [1.82, 2.24) is 10.6 Å². The fraction of sp³-hybridized carbons (Fsp3) is 0.591. The SMILES string of the molecule is CCNC(=NCc1ccc(N2CC=CC2)cc1)NCCC(OCC)C(C)C.I. The average molecular weight is 500 g/mol. The Morgan fingerprint density at radius 2 is 1.79 bits per heavy atom. The monoisotopic (exact) mass is 500 g/mol. The maximum atomic E-state index is 5.82. The van der Waals surface area contributed by atoms with Gasteiger partial charge in [0.25, 0.3) is 0 Å². The Morgan fingerprint density at radius 1 is 1.11 bits per heavy atom. The first-order valence-electron chi connectivity index (χ1n) is 10.3. The lowest BCUT2D eigenvalue weighted by Crippen LogP contribution is -2.39. The molecule has 1 aliphatic rings. The third kappa shape index (κ3) is 8.39. The first-order chi connectivity index (χ1) is 13.1. The van der Waals surface area contributed by atoms with Crippen LogP contribution < -0.4 is 15.5 Å². The topological polar surface area (TPSA) is 48.9 Å². The number of hydrogen-bond acceptors (Lipinski definition) is 3. The molecule has 1 unspecified atom stereocenters. The normalized spacial score (nSPS) is 14.9. The number of anilines is 1. The van der Waals surface area contributed by atoms with Crippen molar-refractivity contribution in [3.8, 4) is 0 Å². The van der Waals surface area contributed by atoms with Crippen LogP contribution in [0.5, 0.6) is 0 Å². The number of rotatable bonds is 10. The van der Waals surface area contributed by atoms with E-state index in [9.17, 15) is 0 Å². The van der Waals surface area contributed by atoms with Gasteiger partial charge in [-0.1, -0.05) is 38.1 Å². The number of nitrogens with zero attached hydrogens (tertiary/aromatic N) is 2. The molecule has 2 N–H and O–H groups in total. The lowest BCUT2D eigenvalue weighted by molar-refractivity contribution is 0.0258. The van der Waals surface area contributed by atoms with Gasteiger partial charge in [-0.3, -0.25) is 0 Å². The summed E-state index contributed by atoms with van der Waals surface area (Å²) in [5.74, 6) is 1.39. The van der Waals surface area contributed by atoms with Crippen molar-refractivity contribution >= 4 is 35.6 Å². The molecule has 5 nitrogen and oxygen atoms in total. The molecule has 1 heterocycles. The summed E-state index contributed by atoms with van der Waals surface area (Å²) in [5, 5.41) is 6.76. The predicted molar refractivity (Wildman–Crippen MR) is 131 cm³/mol. The van der Waals surface area contributed by atoms with E-state index in [-0.39, 0.29) is 30.1 Å². The number of benzene rings is 1. The van der Waals surface area contributed by atoms with Crippen molar-refractivity contribution in [3.05, 3.63) is 42.0 Å². The van der Waals surface area contributed by atoms with Crippen LogP contribution in [0.1, 0.15) is 39.7 Å². The summed E-state index contributed by atoms with van der Waals surface area (Å²) in [5.41, 5.74) is 2.49. The summed E-state index contributed by atoms with van der Waals surface area (Å²) in [6, 6.07) is 8.72. The maximum Gasteiger partial charge on any atom is 0.191 e. The largest absolute Gasteiger partial charge is 0.378 e. The molecule has 1 atom stereocenters. The Kier molecular flexibility index (Phi) is 12.2. The third-order valence-electron chi connectivity index (χ3n) is 4.73.